The topological polar surface area (TPSA) is 90.4 Å². The van der Waals surface area contributed by atoms with Gasteiger partial charge in [-0.3, -0.25) is 9.59 Å². The van der Waals surface area contributed by atoms with E-state index in [0.29, 0.717) is 50.6 Å². The Balaban J connectivity index is 1.38. The molecule has 28 heavy (non-hydrogen) atoms. The van der Waals surface area contributed by atoms with Crippen LogP contribution < -0.4 is 0 Å². The third-order valence-electron chi connectivity index (χ3n) is 5.95. The van der Waals surface area contributed by atoms with E-state index in [0.717, 1.165) is 12.8 Å². The SMILES string of the molecule is O=C(CC1CCCC1)N1CCN(C(=O)C2=CC=CN3CCS(=O)(=O)N=C23)CC1. The van der Waals surface area contributed by atoms with Crippen molar-refractivity contribution in [2.45, 2.75) is 32.1 Å². The Morgan fingerprint density at radius 3 is 2.43 bits per heavy atom. The smallest absolute Gasteiger partial charge is 0.257 e. The zero-order valence-electron chi connectivity index (χ0n) is 15.9. The van der Waals surface area contributed by atoms with Crippen LogP contribution in [-0.2, 0) is 19.6 Å². The summed E-state index contributed by atoms with van der Waals surface area (Å²) < 4.78 is 27.6. The van der Waals surface area contributed by atoms with E-state index in [-0.39, 0.29) is 23.4 Å². The summed E-state index contributed by atoms with van der Waals surface area (Å²) in [5.74, 6) is 0.632. The van der Waals surface area contributed by atoms with E-state index in [1.54, 1.807) is 28.2 Å². The van der Waals surface area contributed by atoms with E-state index in [2.05, 4.69) is 4.40 Å². The predicted molar refractivity (Wildman–Crippen MR) is 105 cm³/mol. The van der Waals surface area contributed by atoms with E-state index < -0.39 is 10.0 Å². The molecule has 0 bridgehead atoms. The number of rotatable bonds is 3. The Labute approximate surface area is 165 Å². The number of fused-ring (bicyclic) bond motifs is 1. The van der Waals surface area contributed by atoms with Gasteiger partial charge in [0.2, 0.25) is 5.91 Å². The number of amidine groups is 1. The van der Waals surface area contributed by atoms with Gasteiger partial charge in [0, 0.05) is 45.3 Å². The molecule has 3 heterocycles. The highest BCUT2D eigenvalue weighted by atomic mass is 32.2. The van der Waals surface area contributed by atoms with Gasteiger partial charge in [0.15, 0.2) is 5.84 Å². The number of carbonyl (C=O) groups is 2. The maximum absolute atomic E-state index is 13.0. The molecule has 8 nitrogen and oxygen atoms in total. The first-order valence-corrected chi connectivity index (χ1v) is 11.6. The minimum absolute atomic E-state index is 0.0515. The van der Waals surface area contributed by atoms with Crippen LogP contribution in [0.2, 0.25) is 0 Å². The van der Waals surface area contributed by atoms with Gasteiger partial charge < -0.3 is 14.7 Å². The number of carbonyl (C=O) groups excluding carboxylic acids is 2. The number of hydrogen-bond donors (Lipinski definition) is 0. The number of sulfonamides is 1. The highest BCUT2D eigenvalue weighted by molar-refractivity contribution is 7.90. The van der Waals surface area contributed by atoms with Gasteiger partial charge in [0.25, 0.3) is 15.9 Å². The molecule has 4 rings (SSSR count). The van der Waals surface area contributed by atoms with Gasteiger partial charge in [0.1, 0.15) is 0 Å². The fourth-order valence-corrected chi connectivity index (χ4v) is 5.29. The minimum Gasteiger partial charge on any atom is -0.339 e. The van der Waals surface area contributed by atoms with E-state index in [4.69, 9.17) is 0 Å². The van der Waals surface area contributed by atoms with Gasteiger partial charge in [-0.05, 0) is 30.9 Å². The molecule has 1 aliphatic carbocycles. The molecule has 1 saturated heterocycles. The van der Waals surface area contributed by atoms with Crippen LogP contribution in [0.4, 0.5) is 0 Å². The number of hydrogen-bond acceptors (Lipinski definition) is 5. The van der Waals surface area contributed by atoms with E-state index in [9.17, 15) is 18.0 Å². The number of piperazine rings is 1. The minimum atomic E-state index is -3.53. The number of allylic oxidation sites excluding steroid dienone is 2. The average molecular weight is 407 g/mol. The molecule has 0 aromatic rings. The maximum Gasteiger partial charge on any atom is 0.257 e. The van der Waals surface area contributed by atoms with Gasteiger partial charge in [0.05, 0.1) is 11.3 Å². The number of nitrogens with zero attached hydrogens (tertiary/aromatic N) is 4. The third-order valence-corrected chi connectivity index (χ3v) is 7.10. The molecule has 0 N–H and O–H groups in total. The number of amides is 2. The first kappa shape index (κ1) is 19.2. The largest absolute Gasteiger partial charge is 0.339 e. The van der Waals surface area contributed by atoms with Crippen molar-refractivity contribution in [2.24, 2.45) is 10.3 Å². The molecule has 4 aliphatic rings. The standard InChI is InChI=1S/C19H26N4O4S/c24-17(14-15-4-1-2-5-15)21-8-10-23(11-9-21)19(25)16-6-3-7-22-12-13-28(26,27)20-18(16)22/h3,6-7,15H,1-2,4-5,8-14H2. The monoisotopic (exact) mass is 406 g/mol. The van der Waals surface area contributed by atoms with Crippen molar-refractivity contribution in [1.29, 1.82) is 0 Å². The molecule has 0 aromatic heterocycles. The fourth-order valence-electron chi connectivity index (χ4n) is 4.30. The average Bonchev–Trinajstić information content (AvgIpc) is 3.19. The van der Waals surface area contributed by atoms with E-state index in [1.165, 1.54) is 12.8 Å². The second-order valence-corrected chi connectivity index (χ2v) is 9.60. The molecule has 1 saturated carbocycles. The second kappa shape index (κ2) is 7.69. The van der Waals surface area contributed by atoms with Crippen LogP contribution in [0.1, 0.15) is 32.1 Å². The summed E-state index contributed by atoms with van der Waals surface area (Å²) in [4.78, 5) is 30.7. The van der Waals surface area contributed by atoms with Gasteiger partial charge in [-0.15, -0.1) is 4.40 Å². The van der Waals surface area contributed by atoms with Gasteiger partial charge in [-0.2, -0.15) is 0 Å². The first-order chi connectivity index (χ1) is 13.4. The molecule has 0 aromatic carbocycles. The lowest BCUT2D eigenvalue weighted by atomic mass is 10.0. The molecule has 0 spiro atoms. The lowest BCUT2D eigenvalue weighted by Gasteiger charge is -2.37. The van der Waals surface area contributed by atoms with Crippen molar-refractivity contribution < 1.29 is 18.0 Å². The van der Waals surface area contributed by atoms with Crippen molar-refractivity contribution in [3.8, 4) is 0 Å². The zero-order valence-corrected chi connectivity index (χ0v) is 16.7. The summed E-state index contributed by atoms with van der Waals surface area (Å²) >= 11 is 0. The van der Waals surface area contributed by atoms with Gasteiger partial charge in [-0.1, -0.05) is 12.8 Å². The molecular weight excluding hydrogens is 380 g/mol. The molecule has 9 heteroatoms. The van der Waals surface area contributed by atoms with Crippen LogP contribution in [0.5, 0.6) is 0 Å². The van der Waals surface area contributed by atoms with Gasteiger partial charge in [-0.25, -0.2) is 8.42 Å². The zero-order chi connectivity index (χ0) is 19.7. The van der Waals surface area contributed by atoms with Gasteiger partial charge >= 0.3 is 0 Å². The van der Waals surface area contributed by atoms with Crippen molar-refractivity contribution in [1.82, 2.24) is 14.7 Å². The van der Waals surface area contributed by atoms with Crippen LogP contribution >= 0.6 is 0 Å². The lowest BCUT2D eigenvalue weighted by molar-refractivity contribution is -0.138. The van der Waals surface area contributed by atoms with Crippen LogP contribution in [-0.4, -0.2) is 79.2 Å². The molecular formula is C19H26N4O4S. The van der Waals surface area contributed by atoms with Crippen LogP contribution in [0.25, 0.3) is 0 Å². The normalized spacial score (nSPS) is 24.6. The first-order valence-electron chi connectivity index (χ1n) is 9.98. The van der Waals surface area contributed by atoms with E-state index >= 15 is 0 Å². The highest BCUT2D eigenvalue weighted by Gasteiger charge is 2.34. The summed E-state index contributed by atoms with van der Waals surface area (Å²) in [6.07, 6.45) is 10.5. The van der Waals surface area contributed by atoms with Crippen LogP contribution in [0.15, 0.2) is 28.3 Å². The highest BCUT2D eigenvalue weighted by Crippen LogP contribution is 2.28. The summed E-state index contributed by atoms with van der Waals surface area (Å²) in [5, 5.41) is 0. The molecule has 0 radical (unpaired) electrons. The second-order valence-electron chi connectivity index (χ2n) is 7.84. The molecule has 2 fully saturated rings. The maximum atomic E-state index is 13.0. The summed E-state index contributed by atoms with van der Waals surface area (Å²) in [5.41, 5.74) is 0.302. The summed E-state index contributed by atoms with van der Waals surface area (Å²) in [6.45, 7) is 2.25. The Hall–Kier alpha value is -2.16. The van der Waals surface area contributed by atoms with Crippen LogP contribution in [0.3, 0.4) is 0 Å². The van der Waals surface area contributed by atoms with Crippen molar-refractivity contribution >= 4 is 27.7 Å². The Kier molecular flexibility index (Phi) is 5.27. The molecule has 152 valence electrons. The third kappa shape index (κ3) is 3.99. The Bertz CT molecular complexity index is 847. The van der Waals surface area contributed by atoms with E-state index in [1.807, 2.05) is 4.90 Å². The molecule has 2 amide bonds. The lowest BCUT2D eigenvalue weighted by Crippen LogP contribution is -2.52. The predicted octanol–water partition coefficient (Wildman–Crippen LogP) is 0.735. The summed E-state index contributed by atoms with van der Waals surface area (Å²) in [6, 6.07) is 0. The molecule has 0 atom stereocenters. The Morgan fingerprint density at radius 2 is 1.71 bits per heavy atom. The quantitative estimate of drug-likeness (QED) is 0.689. The molecule has 3 aliphatic heterocycles. The van der Waals surface area contributed by atoms with Crippen molar-refractivity contribution in [3.63, 3.8) is 0 Å². The van der Waals surface area contributed by atoms with Crippen molar-refractivity contribution in [2.75, 3.05) is 38.5 Å². The Morgan fingerprint density at radius 1 is 1.04 bits per heavy atom. The van der Waals surface area contributed by atoms with Crippen LogP contribution in [0, 0.1) is 5.92 Å². The summed E-state index contributed by atoms with van der Waals surface area (Å²) in [7, 11) is -3.53. The fraction of sp³-hybridized carbons (Fsp3) is 0.632. The molecule has 0 unspecified atom stereocenters. The van der Waals surface area contributed by atoms with Crippen molar-refractivity contribution in [3.05, 3.63) is 23.9 Å².